The van der Waals surface area contributed by atoms with Gasteiger partial charge in [-0.25, -0.2) is 0 Å². The number of nitrogens with zero attached hydrogens (tertiary/aromatic N) is 3. The third-order valence-corrected chi connectivity index (χ3v) is 5.69. The number of fused-ring (bicyclic) bond motifs is 1. The number of para-hydroxylation sites is 2. The van der Waals surface area contributed by atoms with Gasteiger partial charge in [0.05, 0.1) is 11.0 Å². The molecule has 6 nitrogen and oxygen atoms in total. The van der Waals surface area contributed by atoms with E-state index in [-0.39, 0.29) is 11.8 Å². The molecule has 1 fully saturated rings. The lowest BCUT2D eigenvalue weighted by Crippen LogP contribution is -2.44. The number of piperidine rings is 1. The maximum absolute atomic E-state index is 12.7. The quantitative estimate of drug-likeness (QED) is 0.592. The molecule has 4 rings (SSSR count). The summed E-state index contributed by atoms with van der Waals surface area (Å²) in [5, 5.41) is 0. The predicted molar refractivity (Wildman–Crippen MR) is 110 cm³/mol. The molecule has 164 valence electrons. The van der Waals surface area contributed by atoms with Crippen molar-refractivity contribution in [1.29, 1.82) is 0 Å². The fourth-order valence-electron chi connectivity index (χ4n) is 4.17. The number of likely N-dealkylation sites (tertiary alicyclic amines) is 1. The van der Waals surface area contributed by atoms with Crippen LogP contribution < -0.4 is 15.9 Å². The zero-order chi connectivity index (χ0) is 22.2. The number of halogens is 3. The van der Waals surface area contributed by atoms with Crippen LogP contribution in [0.3, 0.4) is 0 Å². The van der Waals surface area contributed by atoms with E-state index >= 15 is 0 Å². The van der Waals surface area contributed by atoms with Crippen LogP contribution >= 0.6 is 0 Å². The fraction of sp³-hybridized carbons (Fsp3) is 0.364. The van der Waals surface area contributed by atoms with Crippen LogP contribution in [0.4, 0.5) is 13.2 Å². The van der Waals surface area contributed by atoms with E-state index < -0.39 is 17.5 Å². The molecular weight excluding hydrogens is 411 g/mol. The number of ether oxygens (including phenoxy) is 1. The minimum Gasteiger partial charge on any atom is -0.406 e. The van der Waals surface area contributed by atoms with Crippen molar-refractivity contribution < 1.29 is 17.9 Å². The van der Waals surface area contributed by atoms with Gasteiger partial charge in [0.15, 0.2) is 0 Å². The average molecular weight is 433 g/mol. The molecule has 0 unspecified atom stereocenters. The molecule has 2 heterocycles. The molecule has 0 spiro atoms. The molecule has 2 aromatic carbocycles. The van der Waals surface area contributed by atoms with E-state index in [9.17, 15) is 22.8 Å². The Hall–Kier alpha value is -3.07. The Balaban J connectivity index is 1.46. The highest BCUT2D eigenvalue weighted by Gasteiger charge is 2.31. The van der Waals surface area contributed by atoms with Crippen molar-refractivity contribution in [1.82, 2.24) is 14.0 Å². The van der Waals surface area contributed by atoms with Gasteiger partial charge in [-0.05, 0) is 42.7 Å². The number of alkyl halides is 3. The van der Waals surface area contributed by atoms with Gasteiger partial charge in [0, 0.05) is 32.7 Å². The molecule has 0 radical (unpaired) electrons. The van der Waals surface area contributed by atoms with Gasteiger partial charge in [0.1, 0.15) is 5.75 Å². The number of benzene rings is 2. The van der Waals surface area contributed by atoms with E-state index in [0.29, 0.717) is 32.5 Å². The standard InChI is InChI=1S/C22H22F3N3O3/c1-26-18-4-2-3-5-19(18)28(21(30)20(26)29)16-10-12-27(13-11-16)14-15-6-8-17(9-7-15)31-22(23,24)25/h2-9,16H,10-14H2,1H3. The molecule has 1 aliphatic rings. The zero-order valence-corrected chi connectivity index (χ0v) is 16.9. The van der Waals surface area contributed by atoms with E-state index in [1.807, 2.05) is 24.3 Å². The van der Waals surface area contributed by atoms with Crippen molar-refractivity contribution in [3.63, 3.8) is 0 Å². The first-order valence-corrected chi connectivity index (χ1v) is 10.0. The lowest BCUT2D eigenvalue weighted by atomic mass is 10.0. The molecule has 1 aromatic heterocycles. The molecule has 0 atom stereocenters. The van der Waals surface area contributed by atoms with Gasteiger partial charge < -0.3 is 9.30 Å². The van der Waals surface area contributed by atoms with E-state index in [1.165, 1.54) is 16.7 Å². The van der Waals surface area contributed by atoms with Crippen LogP contribution in [-0.2, 0) is 13.6 Å². The third-order valence-electron chi connectivity index (χ3n) is 5.69. The number of hydrogen-bond donors (Lipinski definition) is 0. The Labute approximate surface area is 176 Å². The van der Waals surface area contributed by atoms with Crippen molar-refractivity contribution in [2.45, 2.75) is 31.8 Å². The minimum absolute atomic E-state index is 0.0786. The van der Waals surface area contributed by atoms with Gasteiger partial charge in [0.2, 0.25) is 0 Å². The Bertz CT molecular complexity index is 1190. The van der Waals surface area contributed by atoms with Crippen molar-refractivity contribution in [3.8, 4) is 5.75 Å². The molecule has 1 aliphatic heterocycles. The highest BCUT2D eigenvalue weighted by Crippen LogP contribution is 2.26. The van der Waals surface area contributed by atoms with Crippen molar-refractivity contribution >= 4 is 11.0 Å². The van der Waals surface area contributed by atoms with Gasteiger partial charge in [-0.15, -0.1) is 13.2 Å². The number of rotatable bonds is 4. The molecule has 0 amide bonds. The summed E-state index contributed by atoms with van der Waals surface area (Å²) in [5.74, 6) is -0.244. The van der Waals surface area contributed by atoms with Crippen LogP contribution in [0.2, 0.25) is 0 Å². The number of aryl methyl sites for hydroxylation is 1. The van der Waals surface area contributed by atoms with Crippen LogP contribution in [0.5, 0.6) is 5.75 Å². The topological polar surface area (TPSA) is 56.5 Å². The van der Waals surface area contributed by atoms with E-state index in [1.54, 1.807) is 23.7 Å². The monoisotopic (exact) mass is 433 g/mol. The lowest BCUT2D eigenvalue weighted by molar-refractivity contribution is -0.274. The van der Waals surface area contributed by atoms with E-state index in [4.69, 9.17) is 0 Å². The first-order valence-electron chi connectivity index (χ1n) is 10.0. The molecular formula is C22H22F3N3O3. The van der Waals surface area contributed by atoms with Crippen molar-refractivity contribution in [2.24, 2.45) is 7.05 Å². The summed E-state index contributed by atoms with van der Waals surface area (Å²) >= 11 is 0. The summed E-state index contributed by atoms with van der Waals surface area (Å²) in [5.41, 5.74) is 1.29. The normalized spacial score (nSPS) is 16.0. The van der Waals surface area contributed by atoms with Crippen LogP contribution in [0.25, 0.3) is 11.0 Å². The Morgan fingerprint density at radius 2 is 1.55 bits per heavy atom. The van der Waals surface area contributed by atoms with Crippen LogP contribution in [0.15, 0.2) is 58.1 Å². The Morgan fingerprint density at radius 3 is 2.16 bits per heavy atom. The number of hydrogen-bond acceptors (Lipinski definition) is 4. The highest BCUT2D eigenvalue weighted by atomic mass is 19.4. The highest BCUT2D eigenvalue weighted by molar-refractivity contribution is 5.75. The van der Waals surface area contributed by atoms with Crippen molar-refractivity contribution in [2.75, 3.05) is 13.1 Å². The second-order valence-corrected chi connectivity index (χ2v) is 7.73. The summed E-state index contributed by atoms with van der Waals surface area (Å²) in [6, 6.07) is 13.1. The summed E-state index contributed by atoms with van der Waals surface area (Å²) in [7, 11) is 1.60. The third kappa shape index (κ3) is 4.51. The molecule has 9 heteroatoms. The van der Waals surface area contributed by atoms with E-state index in [0.717, 1.165) is 16.6 Å². The largest absolute Gasteiger partial charge is 0.573 e. The first-order chi connectivity index (χ1) is 14.7. The lowest BCUT2D eigenvalue weighted by Gasteiger charge is -2.33. The molecule has 31 heavy (non-hydrogen) atoms. The maximum Gasteiger partial charge on any atom is 0.573 e. The first kappa shape index (κ1) is 21.2. The summed E-state index contributed by atoms with van der Waals surface area (Å²) in [6.45, 7) is 2.01. The molecule has 1 saturated heterocycles. The summed E-state index contributed by atoms with van der Waals surface area (Å²) in [4.78, 5) is 27.3. The molecule has 0 N–H and O–H groups in total. The summed E-state index contributed by atoms with van der Waals surface area (Å²) in [6.07, 6.45) is -3.30. The fourth-order valence-corrected chi connectivity index (χ4v) is 4.17. The van der Waals surface area contributed by atoms with Crippen LogP contribution in [0, 0.1) is 0 Å². The summed E-state index contributed by atoms with van der Waals surface area (Å²) < 4.78 is 43.8. The van der Waals surface area contributed by atoms with Gasteiger partial charge in [-0.1, -0.05) is 24.3 Å². The molecule has 3 aromatic rings. The molecule has 0 aliphatic carbocycles. The van der Waals surface area contributed by atoms with E-state index in [2.05, 4.69) is 9.64 Å². The second kappa shape index (κ2) is 8.22. The van der Waals surface area contributed by atoms with Crippen LogP contribution in [-0.4, -0.2) is 33.5 Å². The smallest absolute Gasteiger partial charge is 0.406 e. The average Bonchev–Trinajstić information content (AvgIpc) is 2.74. The van der Waals surface area contributed by atoms with Crippen molar-refractivity contribution in [3.05, 3.63) is 74.8 Å². The zero-order valence-electron chi connectivity index (χ0n) is 16.9. The molecule has 0 saturated carbocycles. The molecule has 0 bridgehead atoms. The second-order valence-electron chi connectivity index (χ2n) is 7.73. The Kier molecular flexibility index (Phi) is 5.62. The van der Waals surface area contributed by atoms with Gasteiger partial charge in [-0.3, -0.25) is 19.1 Å². The SMILES string of the molecule is Cn1c(=O)c(=O)n(C2CCN(Cc3ccc(OC(F)(F)F)cc3)CC2)c2ccccc21. The maximum atomic E-state index is 12.7. The Morgan fingerprint density at radius 1 is 0.935 bits per heavy atom. The number of aromatic nitrogens is 2. The minimum atomic E-state index is -4.70. The predicted octanol–water partition coefficient (Wildman–Crippen LogP) is 3.44. The van der Waals surface area contributed by atoms with Gasteiger partial charge >= 0.3 is 17.5 Å². The van der Waals surface area contributed by atoms with Crippen LogP contribution in [0.1, 0.15) is 24.4 Å². The van der Waals surface area contributed by atoms with Gasteiger partial charge in [-0.2, -0.15) is 0 Å². The van der Waals surface area contributed by atoms with Gasteiger partial charge in [0.25, 0.3) is 0 Å².